The Kier molecular flexibility index (Phi) is 4.76. The Morgan fingerprint density at radius 1 is 1.24 bits per heavy atom. The van der Waals surface area contributed by atoms with E-state index in [1.807, 2.05) is 17.0 Å². The molecule has 2 aromatic heterocycles. The Hall–Kier alpha value is -2.24. The lowest BCUT2D eigenvalue weighted by Crippen LogP contribution is -2.48. The van der Waals surface area contributed by atoms with Crippen LogP contribution in [0.2, 0.25) is 0 Å². The van der Waals surface area contributed by atoms with Gasteiger partial charge >= 0.3 is 0 Å². The van der Waals surface area contributed by atoms with Gasteiger partial charge in [0.1, 0.15) is 0 Å². The lowest BCUT2D eigenvalue weighted by molar-refractivity contribution is -0.136. The largest absolute Gasteiger partial charge is 0.341 e. The Bertz CT molecular complexity index is 703. The molecule has 6 heteroatoms. The molecule has 0 aromatic carbocycles. The van der Waals surface area contributed by atoms with E-state index < -0.39 is 0 Å². The van der Waals surface area contributed by atoms with Crippen LogP contribution in [0.1, 0.15) is 56.8 Å². The fraction of sp³-hybridized carbons (Fsp3) is 0.579. The van der Waals surface area contributed by atoms with Gasteiger partial charge in [-0.3, -0.25) is 9.78 Å². The third-order valence-electron chi connectivity index (χ3n) is 5.44. The molecule has 2 aromatic rings. The summed E-state index contributed by atoms with van der Waals surface area (Å²) >= 11 is 0. The molecule has 1 saturated heterocycles. The third-order valence-corrected chi connectivity index (χ3v) is 5.44. The summed E-state index contributed by atoms with van der Waals surface area (Å²) in [7, 11) is 0. The average Bonchev–Trinajstić information content (AvgIpc) is 3.10. The van der Waals surface area contributed by atoms with Crippen LogP contribution < -0.4 is 0 Å². The molecular weight excluding hydrogens is 316 g/mol. The van der Waals surface area contributed by atoms with Crippen molar-refractivity contribution in [1.29, 1.82) is 0 Å². The minimum Gasteiger partial charge on any atom is -0.341 e. The van der Waals surface area contributed by atoms with Crippen LogP contribution in [0.25, 0.3) is 11.4 Å². The van der Waals surface area contributed by atoms with Gasteiger partial charge < -0.3 is 9.42 Å². The Labute approximate surface area is 147 Å². The van der Waals surface area contributed by atoms with E-state index in [2.05, 4.69) is 15.1 Å². The molecule has 0 bridgehead atoms. The SMILES string of the molecule is O=C(CCC1CCCCC1)N1CC(c2nc(-c3cccnc3)no2)C1. The fourth-order valence-corrected chi connectivity index (χ4v) is 3.81. The molecule has 0 atom stereocenters. The number of hydrogen-bond donors (Lipinski definition) is 0. The predicted octanol–water partition coefficient (Wildman–Crippen LogP) is 3.42. The minimum atomic E-state index is 0.163. The highest BCUT2D eigenvalue weighted by atomic mass is 16.5. The lowest BCUT2D eigenvalue weighted by atomic mass is 9.86. The summed E-state index contributed by atoms with van der Waals surface area (Å²) in [4.78, 5) is 22.8. The first-order chi connectivity index (χ1) is 12.3. The van der Waals surface area contributed by atoms with Crippen LogP contribution in [0.3, 0.4) is 0 Å². The van der Waals surface area contributed by atoms with Gasteiger partial charge in [-0.2, -0.15) is 4.98 Å². The maximum atomic E-state index is 12.3. The van der Waals surface area contributed by atoms with Crippen LogP contribution in [0.4, 0.5) is 0 Å². The third kappa shape index (κ3) is 3.72. The summed E-state index contributed by atoms with van der Waals surface area (Å²) in [5.74, 6) is 2.37. The molecule has 0 N–H and O–H groups in total. The molecule has 2 aliphatic rings. The second kappa shape index (κ2) is 7.33. The number of nitrogens with zero attached hydrogens (tertiary/aromatic N) is 4. The molecule has 1 aliphatic carbocycles. The normalized spacial score (nSPS) is 19.0. The van der Waals surface area contributed by atoms with E-state index in [9.17, 15) is 4.79 Å². The zero-order valence-corrected chi connectivity index (χ0v) is 14.4. The number of pyridine rings is 1. The van der Waals surface area contributed by atoms with E-state index in [0.717, 1.165) is 17.9 Å². The molecule has 2 fully saturated rings. The lowest BCUT2D eigenvalue weighted by Gasteiger charge is -2.37. The highest BCUT2D eigenvalue weighted by Gasteiger charge is 2.35. The minimum absolute atomic E-state index is 0.163. The molecule has 3 heterocycles. The van der Waals surface area contributed by atoms with Gasteiger partial charge in [0.05, 0.1) is 5.92 Å². The van der Waals surface area contributed by atoms with Crippen LogP contribution in [-0.4, -0.2) is 39.0 Å². The van der Waals surface area contributed by atoms with Gasteiger partial charge in [-0.15, -0.1) is 0 Å². The second-order valence-corrected chi connectivity index (χ2v) is 7.24. The van der Waals surface area contributed by atoms with Gasteiger partial charge in [-0.25, -0.2) is 0 Å². The standard InChI is InChI=1S/C19H24N4O2/c24-17(9-8-14-5-2-1-3-6-14)23-12-16(13-23)19-21-18(22-25-19)15-7-4-10-20-11-15/h4,7,10-11,14,16H,1-3,5-6,8-9,12-13H2. The maximum Gasteiger partial charge on any atom is 0.233 e. The van der Waals surface area contributed by atoms with Gasteiger partial charge in [0.25, 0.3) is 0 Å². The van der Waals surface area contributed by atoms with Gasteiger partial charge in [-0.1, -0.05) is 37.3 Å². The molecule has 1 amide bonds. The van der Waals surface area contributed by atoms with Crippen molar-refractivity contribution in [1.82, 2.24) is 20.0 Å². The molecule has 0 spiro atoms. The number of aromatic nitrogens is 3. The van der Waals surface area contributed by atoms with Gasteiger partial charge in [0.15, 0.2) is 0 Å². The molecule has 4 rings (SSSR count). The maximum absolute atomic E-state index is 12.3. The van der Waals surface area contributed by atoms with Crippen molar-refractivity contribution in [2.75, 3.05) is 13.1 Å². The topological polar surface area (TPSA) is 72.1 Å². The number of amides is 1. The molecule has 1 aliphatic heterocycles. The Morgan fingerprint density at radius 3 is 2.84 bits per heavy atom. The summed E-state index contributed by atoms with van der Waals surface area (Å²) in [6.45, 7) is 1.39. The molecule has 0 radical (unpaired) electrons. The van der Waals surface area contributed by atoms with Crippen LogP contribution in [0.15, 0.2) is 29.0 Å². The van der Waals surface area contributed by atoms with E-state index >= 15 is 0 Å². The smallest absolute Gasteiger partial charge is 0.233 e. The van der Waals surface area contributed by atoms with Crippen LogP contribution >= 0.6 is 0 Å². The van der Waals surface area contributed by atoms with Crippen LogP contribution in [-0.2, 0) is 4.79 Å². The van der Waals surface area contributed by atoms with Crippen molar-refractivity contribution in [2.24, 2.45) is 5.92 Å². The zero-order chi connectivity index (χ0) is 17.1. The summed E-state index contributed by atoms with van der Waals surface area (Å²) < 4.78 is 5.38. The average molecular weight is 340 g/mol. The first kappa shape index (κ1) is 16.2. The highest BCUT2D eigenvalue weighted by Crippen LogP contribution is 2.30. The highest BCUT2D eigenvalue weighted by molar-refractivity contribution is 5.77. The van der Waals surface area contributed by atoms with E-state index in [0.29, 0.717) is 31.2 Å². The van der Waals surface area contributed by atoms with Crippen molar-refractivity contribution < 1.29 is 9.32 Å². The van der Waals surface area contributed by atoms with Crippen molar-refractivity contribution in [3.05, 3.63) is 30.4 Å². The molecular formula is C19H24N4O2. The number of hydrogen-bond acceptors (Lipinski definition) is 5. The zero-order valence-electron chi connectivity index (χ0n) is 14.4. The number of rotatable bonds is 5. The van der Waals surface area contributed by atoms with Crippen molar-refractivity contribution in [2.45, 2.75) is 50.9 Å². The van der Waals surface area contributed by atoms with Crippen molar-refractivity contribution in [3.63, 3.8) is 0 Å². The van der Waals surface area contributed by atoms with E-state index in [1.165, 1.54) is 32.1 Å². The van der Waals surface area contributed by atoms with Crippen LogP contribution in [0, 0.1) is 5.92 Å². The fourth-order valence-electron chi connectivity index (χ4n) is 3.81. The molecule has 0 unspecified atom stereocenters. The quantitative estimate of drug-likeness (QED) is 0.834. The predicted molar refractivity (Wildman–Crippen MR) is 92.7 cm³/mol. The Morgan fingerprint density at radius 2 is 2.08 bits per heavy atom. The summed E-state index contributed by atoms with van der Waals surface area (Å²) in [6.07, 6.45) is 11.8. The van der Waals surface area contributed by atoms with Crippen molar-refractivity contribution >= 4 is 5.91 Å². The molecule has 1 saturated carbocycles. The van der Waals surface area contributed by atoms with Gasteiger partial charge in [0.2, 0.25) is 17.6 Å². The monoisotopic (exact) mass is 340 g/mol. The molecule has 25 heavy (non-hydrogen) atoms. The number of likely N-dealkylation sites (tertiary alicyclic amines) is 1. The summed E-state index contributed by atoms with van der Waals surface area (Å²) in [5.41, 5.74) is 0.845. The Balaban J connectivity index is 1.26. The number of carbonyl (C=O) groups excluding carboxylic acids is 1. The molecule has 6 nitrogen and oxygen atoms in total. The van der Waals surface area contributed by atoms with E-state index in [-0.39, 0.29) is 11.8 Å². The van der Waals surface area contributed by atoms with Crippen LogP contribution in [0.5, 0.6) is 0 Å². The van der Waals surface area contributed by atoms with E-state index in [4.69, 9.17) is 4.52 Å². The summed E-state index contributed by atoms with van der Waals surface area (Å²) in [6, 6.07) is 3.75. The van der Waals surface area contributed by atoms with Gasteiger partial charge in [0, 0.05) is 37.5 Å². The van der Waals surface area contributed by atoms with E-state index in [1.54, 1.807) is 12.4 Å². The first-order valence-electron chi connectivity index (χ1n) is 9.31. The summed E-state index contributed by atoms with van der Waals surface area (Å²) in [5, 5.41) is 4.03. The van der Waals surface area contributed by atoms with Gasteiger partial charge in [-0.05, 0) is 24.5 Å². The number of carbonyl (C=O) groups is 1. The molecule has 132 valence electrons. The second-order valence-electron chi connectivity index (χ2n) is 7.24. The first-order valence-corrected chi connectivity index (χ1v) is 9.31. The van der Waals surface area contributed by atoms with Crippen molar-refractivity contribution in [3.8, 4) is 11.4 Å².